The highest BCUT2D eigenvalue weighted by molar-refractivity contribution is 6.30. The summed E-state index contributed by atoms with van der Waals surface area (Å²) in [4.78, 5) is 27.2. The van der Waals surface area contributed by atoms with E-state index < -0.39 is 0 Å². The summed E-state index contributed by atoms with van der Waals surface area (Å²) in [7, 11) is 0. The minimum Gasteiger partial charge on any atom is -0.333 e. The number of aromatic nitrogens is 2. The van der Waals surface area contributed by atoms with Crippen molar-refractivity contribution in [2.75, 3.05) is 18.4 Å². The Kier molecular flexibility index (Phi) is 8.29. The van der Waals surface area contributed by atoms with Gasteiger partial charge in [-0.05, 0) is 36.6 Å². The molecule has 0 aliphatic rings. The second-order valence-corrected chi connectivity index (χ2v) is 10.1. The third-order valence-electron chi connectivity index (χ3n) is 4.93. The third-order valence-corrected chi connectivity index (χ3v) is 5.18. The number of carbonyl (C=O) groups is 2. The largest absolute Gasteiger partial charge is 0.333 e. The summed E-state index contributed by atoms with van der Waals surface area (Å²) in [5.74, 6) is 0.599. The van der Waals surface area contributed by atoms with E-state index in [9.17, 15) is 9.59 Å². The van der Waals surface area contributed by atoms with Gasteiger partial charge in [0.15, 0.2) is 0 Å². The summed E-state index contributed by atoms with van der Waals surface area (Å²) in [6, 6.07) is 9.17. The number of nitrogens with zero attached hydrogens (tertiary/aromatic N) is 3. The highest BCUT2D eigenvalue weighted by Gasteiger charge is 2.24. The van der Waals surface area contributed by atoms with Crippen molar-refractivity contribution in [3.8, 4) is 5.69 Å². The Hall–Kier alpha value is -2.34. The minimum absolute atomic E-state index is 0.0143. The van der Waals surface area contributed by atoms with Crippen LogP contribution in [0.3, 0.4) is 0 Å². The van der Waals surface area contributed by atoms with E-state index in [1.54, 1.807) is 21.7 Å². The minimum atomic E-state index is -0.242. The van der Waals surface area contributed by atoms with E-state index in [1.807, 2.05) is 32.0 Å². The van der Waals surface area contributed by atoms with E-state index in [0.29, 0.717) is 23.3 Å². The fourth-order valence-electron chi connectivity index (χ4n) is 3.02. The summed E-state index contributed by atoms with van der Waals surface area (Å²) in [5.41, 5.74) is 1.46. The highest BCUT2D eigenvalue weighted by atomic mass is 35.5. The first-order chi connectivity index (χ1) is 14.4. The summed E-state index contributed by atoms with van der Waals surface area (Å²) < 4.78 is 1.71. The predicted octanol–water partition coefficient (Wildman–Crippen LogP) is 5.29. The maximum absolute atomic E-state index is 12.9. The number of halogens is 1. The fourth-order valence-corrected chi connectivity index (χ4v) is 3.14. The van der Waals surface area contributed by atoms with Gasteiger partial charge in [0, 0.05) is 29.0 Å². The first-order valence-corrected chi connectivity index (χ1v) is 11.2. The number of nitrogens with one attached hydrogen (secondary N) is 1. The van der Waals surface area contributed by atoms with Crippen molar-refractivity contribution in [2.45, 2.75) is 60.3 Å². The van der Waals surface area contributed by atoms with Crippen LogP contribution >= 0.6 is 11.6 Å². The molecule has 2 aromatic rings. The second kappa shape index (κ2) is 10.3. The van der Waals surface area contributed by atoms with Crippen molar-refractivity contribution in [3.63, 3.8) is 0 Å². The van der Waals surface area contributed by atoms with Crippen LogP contribution in [0.5, 0.6) is 0 Å². The standard InChI is InChI=1S/C24H35ClN4O2/c1-16(2)12-13-28(23(31)17(3)4)15-22(30)26-21-14-20(24(5,6)7)27-29(21)19-10-8-18(25)9-11-19/h8-11,14,16-17H,12-13,15H2,1-7H3,(H,26,30). The van der Waals surface area contributed by atoms with E-state index in [1.165, 1.54) is 0 Å². The Bertz CT molecular complexity index is 895. The van der Waals surface area contributed by atoms with E-state index >= 15 is 0 Å². The van der Waals surface area contributed by atoms with Gasteiger partial charge < -0.3 is 10.2 Å². The van der Waals surface area contributed by atoms with Crippen molar-refractivity contribution in [1.82, 2.24) is 14.7 Å². The number of rotatable bonds is 8. The van der Waals surface area contributed by atoms with Crippen LogP contribution in [-0.2, 0) is 15.0 Å². The molecule has 0 aliphatic heterocycles. The van der Waals surface area contributed by atoms with Crippen molar-refractivity contribution < 1.29 is 9.59 Å². The molecule has 1 aromatic heterocycles. The first kappa shape index (κ1) is 24.9. The lowest BCUT2D eigenvalue weighted by atomic mass is 9.92. The molecule has 1 N–H and O–H groups in total. The zero-order valence-corrected chi connectivity index (χ0v) is 20.5. The van der Waals surface area contributed by atoms with Crippen molar-refractivity contribution in [1.29, 1.82) is 0 Å². The molecule has 0 saturated carbocycles. The predicted molar refractivity (Wildman–Crippen MR) is 127 cm³/mol. The van der Waals surface area contributed by atoms with Gasteiger partial charge in [-0.3, -0.25) is 9.59 Å². The van der Waals surface area contributed by atoms with Crippen LogP contribution in [0.2, 0.25) is 5.02 Å². The Morgan fingerprint density at radius 3 is 2.26 bits per heavy atom. The maximum atomic E-state index is 12.9. The molecule has 0 fully saturated rings. The Morgan fingerprint density at radius 1 is 1.13 bits per heavy atom. The number of benzene rings is 1. The Morgan fingerprint density at radius 2 is 1.74 bits per heavy atom. The van der Waals surface area contributed by atoms with Crippen LogP contribution in [0, 0.1) is 11.8 Å². The molecule has 2 rings (SSSR count). The van der Waals surface area contributed by atoms with Gasteiger partial charge in [-0.25, -0.2) is 4.68 Å². The summed E-state index contributed by atoms with van der Waals surface area (Å²) in [5, 5.41) is 8.31. The zero-order chi connectivity index (χ0) is 23.3. The average Bonchev–Trinajstić information content (AvgIpc) is 3.09. The van der Waals surface area contributed by atoms with Gasteiger partial charge in [-0.1, -0.05) is 60.1 Å². The number of hydrogen-bond donors (Lipinski definition) is 1. The molecule has 0 atom stereocenters. The number of amides is 2. The molecule has 1 heterocycles. The SMILES string of the molecule is CC(C)CCN(CC(=O)Nc1cc(C(C)(C)C)nn1-c1ccc(Cl)cc1)C(=O)C(C)C. The van der Waals surface area contributed by atoms with Crippen LogP contribution in [0.15, 0.2) is 30.3 Å². The molecule has 1 aromatic carbocycles. The zero-order valence-electron chi connectivity index (χ0n) is 19.7. The molecule has 170 valence electrons. The van der Waals surface area contributed by atoms with Gasteiger partial charge in [-0.2, -0.15) is 5.10 Å². The van der Waals surface area contributed by atoms with Crippen molar-refractivity contribution >= 4 is 29.2 Å². The summed E-state index contributed by atoms with van der Waals surface area (Å²) in [6.07, 6.45) is 0.850. The lowest BCUT2D eigenvalue weighted by Gasteiger charge is -2.25. The van der Waals surface area contributed by atoms with E-state index in [4.69, 9.17) is 16.7 Å². The van der Waals surface area contributed by atoms with Gasteiger partial charge in [0.05, 0.1) is 17.9 Å². The molecule has 0 saturated heterocycles. The van der Waals surface area contributed by atoms with Crippen molar-refractivity contribution in [3.05, 3.63) is 41.0 Å². The molecule has 0 unspecified atom stereocenters. The number of hydrogen-bond acceptors (Lipinski definition) is 3. The van der Waals surface area contributed by atoms with Gasteiger partial charge in [-0.15, -0.1) is 0 Å². The lowest BCUT2D eigenvalue weighted by Crippen LogP contribution is -2.41. The molecule has 0 aliphatic carbocycles. The van der Waals surface area contributed by atoms with Crippen LogP contribution in [0.4, 0.5) is 5.82 Å². The lowest BCUT2D eigenvalue weighted by molar-refractivity contribution is -0.137. The normalized spacial score (nSPS) is 11.8. The second-order valence-electron chi connectivity index (χ2n) is 9.70. The highest BCUT2D eigenvalue weighted by Crippen LogP contribution is 2.27. The quantitative estimate of drug-likeness (QED) is 0.598. The monoisotopic (exact) mass is 446 g/mol. The molecular weight excluding hydrogens is 412 g/mol. The topological polar surface area (TPSA) is 67.2 Å². The van der Waals surface area contributed by atoms with Gasteiger partial charge in [0.1, 0.15) is 5.82 Å². The molecular formula is C24H35ClN4O2. The molecule has 7 heteroatoms. The number of anilines is 1. The molecule has 2 amide bonds. The maximum Gasteiger partial charge on any atom is 0.245 e. The number of carbonyl (C=O) groups excluding carboxylic acids is 2. The first-order valence-electron chi connectivity index (χ1n) is 10.8. The van der Waals surface area contributed by atoms with Gasteiger partial charge in [0.25, 0.3) is 0 Å². The summed E-state index contributed by atoms with van der Waals surface area (Å²) in [6.45, 7) is 14.7. The fraction of sp³-hybridized carbons (Fsp3) is 0.542. The third kappa shape index (κ3) is 7.10. The molecule has 31 heavy (non-hydrogen) atoms. The van der Waals surface area contributed by atoms with Crippen LogP contribution < -0.4 is 5.32 Å². The van der Waals surface area contributed by atoms with Gasteiger partial charge >= 0.3 is 0 Å². The molecule has 6 nitrogen and oxygen atoms in total. The average molecular weight is 447 g/mol. The van der Waals surface area contributed by atoms with Crippen LogP contribution in [0.25, 0.3) is 5.69 Å². The van der Waals surface area contributed by atoms with Crippen LogP contribution in [0.1, 0.15) is 60.6 Å². The molecule has 0 spiro atoms. The Balaban J connectivity index is 2.28. The molecule has 0 radical (unpaired) electrons. The van der Waals surface area contributed by atoms with E-state index in [2.05, 4.69) is 39.9 Å². The molecule has 0 bridgehead atoms. The summed E-state index contributed by atoms with van der Waals surface area (Å²) >= 11 is 6.03. The van der Waals surface area contributed by atoms with E-state index in [-0.39, 0.29) is 29.7 Å². The smallest absolute Gasteiger partial charge is 0.245 e. The van der Waals surface area contributed by atoms with Gasteiger partial charge in [0.2, 0.25) is 11.8 Å². The van der Waals surface area contributed by atoms with Crippen molar-refractivity contribution in [2.24, 2.45) is 11.8 Å². The van der Waals surface area contributed by atoms with Crippen LogP contribution in [-0.4, -0.2) is 39.6 Å². The van der Waals surface area contributed by atoms with E-state index in [0.717, 1.165) is 17.8 Å². The Labute approximate surface area is 191 Å².